The van der Waals surface area contributed by atoms with Gasteiger partial charge in [0.25, 0.3) is 0 Å². The second-order valence-electron chi connectivity index (χ2n) is 26.8. The number of ether oxygens (including phenoxy) is 3. The average Bonchev–Trinajstić information content (AvgIpc) is 0.909. The van der Waals surface area contributed by atoms with E-state index in [2.05, 4.69) is 203 Å². The number of carbonyl (C=O) groups is 3. The smallest absolute Gasteiger partial charge is 0.463 e. The average molecular weight is 1530 g/mol. The molecule has 0 saturated carbocycles. The molecule has 0 heterocycles. The van der Waals surface area contributed by atoms with Crippen molar-refractivity contribution in [3.63, 3.8) is 0 Å². The Morgan fingerprint density at radius 3 is 0.794 bits per heavy atom. The molecular weight excluding hydrogens is 1390 g/mol. The Morgan fingerprint density at radius 2 is 0.495 bits per heavy atom. The molecule has 0 spiro atoms. The first-order chi connectivity index (χ1) is 52.2. The Morgan fingerprint density at radius 1 is 0.271 bits per heavy atom. The van der Waals surface area contributed by atoms with Crippen molar-refractivity contribution in [1.29, 1.82) is 0 Å². The first-order valence-electron chi connectivity index (χ1n) is 41.1. The molecule has 0 aliphatic rings. The normalized spacial score (nSPS) is 14.9. The highest BCUT2D eigenvalue weighted by molar-refractivity contribution is 7.47. The number of aliphatic hydroxyl groups is 2. The van der Waals surface area contributed by atoms with E-state index in [4.69, 9.17) is 32.3 Å². The van der Waals surface area contributed by atoms with E-state index < -0.39 is 91.5 Å². The number of rotatable bonds is 76. The quantitative estimate of drug-likeness (QED) is 0.0146. The van der Waals surface area contributed by atoms with E-state index in [0.717, 1.165) is 173 Å². The van der Waals surface area contributed by atoms with Crippen LogP contribution in [0.15, 0.2) is 182 Å². The van der Waals surface area contributed by atoms with Crippen LogP contribution in [-0.4, -0.2) is 95.9 Å². The second kappa shape index (κ2) is 80.2. The first-order valence-corrected chi connectivity index (χ1v) is 44.1. The summed E-state index contributed by atoms with van der Waals surface area (Å²) in [5.74, 6) is -1.64. The SMILES string of the molecule is CC/C=C\C/C=C\C/C=C\C/C=C\C/C=C\C/C=C\CCCCCCCCC(=O)OCC(COP(=O)(O)OCC(O)COP(=O)(O)OCC(O)COC(=O)CCCCCCCCCCCCC/C=C\C/C=C\C/C=C\C/C=C\CCCCC)OC(=O)CCCCC/C=C\C/C=C\C/C=C\C/C=C\C/C=C\CC. The van der Waals surface area contributed by atoms with E-state index in [1.165, 1.54) is 70.6 Å². The van der Waals surface area contributed by atoms with Gasteiger partial charge in [0.05, 0.1) is 26.4 Å². The summed E-state index contributed by atoms with van der Waals surface area (Å²) < 4.78 is 61.2. The van der Waals surface area contributed by atoms with Crippen molar-refractivity contribution >= 4 is 33.6 Å². The van der Waals surface area contributed by atoms with Crippen molar-refractivity contribution in [3.05, 3.63) is 182 Å². The van der Waals surface area contributed by atoms with Gasteiger partial charge in [-0.2, -0.15) is 0 Å². The van der Waals surface area contributed by atoms with Gasteiger partial charge in [-0.25, -0.2) is 9.13 Å². The molecule has 4 N–H and O–H groups in total. The van der Waals surface area contributed by atoms with Crippen LogP contribution in [0.4, 0.5) is 0 Å². The number of aliphatic hydroxyl groups excluding tert-OH is 2. The van der Waals surface area contributed by atoms with Crippen molar-refractivity contribution in [1.82, 2.24) is 0 Å². The van der Waals surface area contributed by atoms with Crippen LogP contribution in [-0.2, 0) is 55.8 Å². The van der Waals surface area contributed by atoms with E-state index in [-0.39, 0.29) is 19.3 Å². The summed E-state index contributed by atoms with van der Waals surface area (Å²) in [6.45, 7) is 2.36. The summed E-state index contributed by atoms with van der Waals surface area (Å²) >= 11 is 0. The zero-order valence-electron chi connectivity index (χ0n) is 66.5. The maximum Gasteiger partial charge on any atom is 0.472 e. The van der Waals surface area contributed by atoms with Crippen LogP contribution in [0.2, 0.25) is 0 Å². The third-order valence-electron chi connectivity index (χ3n) is 16.6. The molecule has 0 aliphatic carbocycles. The predicted octanol–water partition coefficient (Wildman–Crippen LogP) is 24.5. The van der Waals surface area contributed by atoms with Crippen molar-refractivity contribution in [3.8, 4) is 0 Å². The molecule has 107 heavy (non-hydrogen) atoms. The molecule has 608 valence electrons. The standard InChI is InChI=1S/C89H146O16P2/c1-4-7-10-13-16-19-22-25-28-31-34-36-38-40-41-43-45-46-49-51-54-57-60-63-66-69-72-75-87(92)99-78-84(90)79-101-106(95,96)102-80-85(91)81-103-107(97,98)104-83-86(105-89(94)77-74-71-68-65-62-59-56-53-48-33-30-27-24-21-18-15-12-9-6-3)82-100-88(93)76-73-70-67-64-61-58-55-52-50-47-44-42-39-37-35-32-29-26-23-20-17-14-11-8-5-2/h8-9,11-12,16-21,25-30,34-37,40-42,44,48,50,52-53,59,62,84-86,90-91H,4-7,10,13-15,22-24,31-33,38-39,43,45-47,49,51,54-58,60-61,63-83H2,1-3H3,(H,95,96)(H,97,98)/b11-8-,12-9-,19-16-,20-17-,21-18-,28-25-,29-26-,30-27-,36-34-,37-35-,41-40-,44-42-,52-50-,53-48-,62-59-. The predicted molar refractivity (Wildman–Crippen MR) is 445 cm³/mol. The fraction of sp³-hybridized carbons (Fsp3) is 0.629. The molecule has 0 amide bonds. The molecule has 5 unspecified atom stereocenters. The lowest BCUT2D eigenvalue weighted by Gasteiger charge is -2.21. The lowest BCUT2D eigenvalue weighted by molar-refractivity contribution is -0.161. The fourth-order valence-corrected chi connectivity index (χ4v) is 12.0. The van der Waals surface area contributed by atoms with Crippen LogP contribution >= 0.6 is 15.6 Å². The number of phosphoric ester groups is 2. The highest BCUT2D eigenvalue weighted by atomic mass is 31.2. The number of carbonyl (C=O) groups excluding carboxylic acids is 3. The fourth-order valence-electron chi connectivity index (χ4n) is 10.4. The Bertz CT molecular complexity index is 2670. The van der Waals surface area contributed by atoms with Gasteiger partial charge in [0, 0.05) is 19.3 Å². The highest BCUT2D eigenvalue weighted by Gasteiger charge is 2.29. The first kappa shape index (κ1) is 102. The summed E-state index contributed by atoms with van der Waals surface area (Å²) in [6, 6.07) is 0. The van der Waals surface area contributed by atoms with Crippen molar-refractivity contribution in [2.75, 3.05) is 39.6 Å². The molecule has 0 aromatic carbocycles. The van der Waals surface area contributed by atoms with Gasteiger partial charge in [0.2, 0.25) is 0 Å². The minimum absolute atomic E-state index is 0.0543. The van der Waals surface area contributed by atoms with Gasteiger partial charge < -0.3 is 34.2 Å². The molecular formula is C89H146O16P2. The number of esters is 3. The van der Waals surface area contributed by atoms with Gasteiger partial charge in [-0.15, -0.1) is 0 Å². The number of unbranched alkanes of at least 4 members (excludes halogenated alkanes) is 23. The molecule has 0 bridgehead atoms. The van der Waals surface area contributed by atoms with Crippen LogP contribution in [0.3, 0.4) is 0 Å². The summed E-state index contributed by atoms with van der Waals surface area (Å²) in [5, 5.41) is 20.7. The zero-order valence-corrected chi connectivity index (χ0v) is 68.3. The third-order valence-corrected chi connectivity index (χ3v) is 18.5. The largest absolute Gasteiger partial charge is 0.472 e. The van der Waals surface area contributed by atoms with Gasteiger partial charge >= 0.3 is 33.6 Å². The van der Waals surface area contributed by atoms with Gasteiger partial charge in [-0.3, -0.25) is 32.5 Å². The molecule has 16 nitrogen and oxygen atoms in total. The number of hydrogen-bond donors (Lipinski definition) is 4. The highest BCUT2D eigenvalue weighted by Crippen LogP contribution is 2.45. The van der Waals surface area contributed by atoms with Crippen molar-refractivity contribution in [2.45, 2.75) is 322 Å². The van der Waals surface area contributed by atoms with Crippen LogP contribution in [0.1, 0.15) is 303 Å². The summed E-state index contributed by atoms with van der Waals surface area (Å²) in [7, 11) is -9.83. The van der Waals surface area contributed by atoms with E-state index in [0.29, 0.717) is 19.3 Å². The summed E-state index contributed by atoms with van der Waals surface area (Å²) in [6.07, 6.45) is 104. The van der Waals surface area contributed by atoms with Gasteiger partial charge in [-0.05, 0) is 161 Å². The molecule has 0 radical (unpaired) electrons. The van der Waals surface area contributed by atoms with E-state index in [1.807, 2.05) is 0 Å². The number of allylic oxidation sites excluding steroid dienone is 30. The number of hydrogen-bond acceptors (Lipinski definition) is 14. The van der Waals surface area contributed by atoms with E-state index >= 15 is 0 Å². The maximum absolute atomic E-state index is 13.0. The Labute approximate surface area is 649 Å². The molecule has 0 saturated heterocycles. The Hall–Kier alpha value is -5.35. The Balaban J connectivity index is 4.69. The molecule has 0 fully saturated rings. The Kier molecular flexibility index (Phi) is 76.2. The third kappa shape index (κ3) is 81.5. The minimum Gasteiger partial charge on any atom is -0.463 e. The molecule has 0 aliphatic heterocycles. The van der Waals surface area contributed by atoms with Crippen LogP contribution in [0.5, 0.6) is 0 Å². The lowest BCUT2D eigenvalue weighted by Crippen LogP contribution is -2.30. The monoisotopic (exact) mass is 1530 g/mol. The van der Waals surface area contributed by atoms with Gasteiger partial charge in [0.1, 0.15) is 25.4 Å². The van der Waals surface area contributed by atoms with Crippen LogP contribution < -0.4 is 0 Å². The molecule has 0 aromatic rings. The van der Waals surface area contributed by atoms with Crippen LogP contribution in [0.25, 0.3) is 0 Å². The van der Waals surface area contributed by atoms with Gasteiger partial charge in [0.15, 0.2) is 6.10 Å². The molecule has 5 atom stereocenters. The number of phosphoric acid groups is 2. The molecule has 0 aromatic heterocycles. The second-order valence-corrected chi connectivity index (χ2v) is 29.7. The molecule has 0 rings (SSSR count). The topological polar surface area (TPSA) is 231 Å². The summed E-state index contributed by atoms with van der Waals surface area (Å²) in [5.41, 5.74) is 0. The van der Waals surface area contributed by atoms with E-state index in [9.17, 15) is 43.5 Å². The van der Waals surface area contributed by atoms with E-state index in [1.54, 1.807) is 0 Å². The van der Waals surface area contributed by atoms with Crippen molar-refractivity contribution in [2.24, 2.45) is 0 Å². The van der Waals surface area contributed by atoms with Crippen molar-refractivity contribution < 1.29 is 75.8 Å². The zero-order chi connectivity index (χ0) is 78.0. The van der Waals surface area contributed by atoms with Crippen LogP contribution in [0, 0.1) is 0 Å². The molecule has 18 heteroatoms. The maximum atomic E-state index is 13.0. The minimum atomic E-state index is -4.96. The summed E-state index contributed by atoms with van der Waals surface area (Å²) in [4.78, 5) is 58.8. The lowest BCUT2D eigenvalue weighted by atomic mass is 10.0. The van der Waals surface area contributed by atoms with Gasteiger partial charge in [-0.1, -0.05) is 306 Å².